The number of rotatable bonds is 2. The van der Waals surface area contributed by atoms with E-state index in [0.29, 0.717) is 18.2 Å². The Balaban J connectivity index is 1.53. The van der Waals surface area contributed by atoms with Gasteiger partial charge >= 0.3 is 0 Å². The van der Waals surface area contributed by atoms with E-state index in [1.807, 2.05) is 0 Å². The van der Waals surface area contributed by atoms with Gasteiger partial charge in [-0.1, -0.05) is 0 Å². The highest BCUT2D eigenvalue weighted by Crippen LogP contribution is 2.39. The summed E-state index contributed by atoms with van der Waals surface area (Å²) in [5.41, 5.74) is 6.11. The van der Waals surface area contributed by atoms with E-state index in [1.54, 1.807) is 0 Å². The van der Waals surface area contributed by atoms with Crippen molar-refractivity contribution >= 4 is 11.8 Å². The van der Waals surface area contributed by atoms with Crippen LogP contribution in [0.4, 0.5) is 0 Å². The summed E-state index contributed by atoms with van der Waals surface area (Å²) in [6, 6.07) is 0.370. The summed E-state index contributed by atoms with van der Waals surface area (Å²) >= 11 is 2.06. The molecular weight excluding hydrogens is 246 g/mol. The van der Waals surface area contributed by atoms with Gasteiger partial charge in [0.05, 0.1) is 17.8 Å². The molecule has 2 aliphatic heterocycles. The highest BCUT2D eigenvalue weighted by Gasteiger charge is 2.40. The first-order valence-electron chi connectivity index (χ1n) is 7.39. The van der Waals surface area contributed by atoms with Gasteiger partial charge in [0.1, 0.15) is 0 Å². The highest BCUT2D eigenvalue weighted by atomic mass is 32.2. The zero-order valence-corrected chi connectivity index (χ0v) is 11.9. The first-order valence-corrected chi connectivity index (χ1v) is 8.54. The van der Waals surface area contributed by atoms with Crippen molar-refractivity contribution in [1.29, 1.82) is 0 Å². The molecule has 4 heteroatoms. The van der Waals surface area contributed by atoms with Gasteiger partial charge in [-0.15, -0.1) is 0 Å². The second-order valence-corrected chi connectivity index (χ2v) is 7.31. The largest absolute Gasteiger partial charge is 0.375 e. The maximum absolute atomic E-state index is 6.28. The fourth-order valence-corrected chi connectivity index (χ4v) is 4.80. The van der Waals surface area contributed by atoms with Crippen molar-refractivity contribution in [2.24, 2.45) is 5.73 Å². The van der Waals surface area contributed by atoms with Gasteiger partial charge in [0.15, 0.2) is 0 Å². The van der Waals surface area contributed by atoms with Crippen LogP contribution in [0.3, 0.4) is 0 Å². The molecule has 2 saturated heterocycles. The lowest BCUT2D eigenvalue weighted by atomic mass is 9.86. The molecule has 1 aliphatic carbocycles. The third-order valence-corrected chi connectivity index (χ3v) is 5.65. The average Bonchev–Trinajstić information content (AvgIpc) is 2.76. The van der Waals surface area contributed by atoms with Crippen LogP contribution in [0.1, 0.15) is 44.9 Å². The van der Waals surface area contributed by atoms with Crippen molar-refractivity contribution in [3.8, 4) is 0 Å². The molecule has 3 nitrogen and oxygen atoms in total. The van der Waals surface area contributed by atoms with Crippen LogP contribution in [-0.2, 0) is 9.47 Å². The molecule has 0 aromatic heterocycles. The quantitative estimate of drug-likeness (QED) is 0.837. The summed E-state index contributed by atoms with van der Waals surface area (Å²) in [6.45, 7) is 0.883. The molecule has 3 fully saturated rings. The van der Waals surface area contributed by atoms with Crippen molar-refractivity contribution in [2.75, 3.05) is 18.1 Å². The Labute approximate surface area is 114 Å². The zero-order valence-electron chi connectivity index (χ0n) is 11.1. The third-order valence-electron chi connectivity index (χ3n) is 4.66. The van der Waals surface area contributed by atoms with Crippen LogP contribution in [-0.4, -0.2) is 42.0 Å². The standard InChI is InChI=1S/C14H25NO2S/c15-11-1-2-12(9-11)17-13-3-6-16-14(10-13)4-7-18-8-5-14/h11-13H,1-10,15H2. The van der Waals surface area contributed by atoms with Gasteiger partial charge < -0.3 is 15.2 Å². The van der Waals surface area contributed by atoms with Gasteiger partial charge in [-0.3, -0.25) is 0 Å². The number of nitrogens with two attached hydrogens (primary N) is 1. The van der Waals surface area contributed by atoms with Gasteiger partial charge in [-0.05, 0) is 50.0 Å². The fraction of sp³-hybridized carbons (Fsp3) is 1.00. The number of hydrogen-bond acceptors (Lipinski definition) is 4. The first-order chi connectivity index (χ1) is 8.76. The molecule has 3 atom stereocenters. The molecule has 0 radical (unpaired) electrons. The average molecular weight is 271 g/mol. The van der Waals surface area contributed by atoms with Crippen molar-refractivity contribution < 1.29 is 9.47 Å². The Morgan fingerprint density at radius 1 is 1.11 bits per heavy atom. The van der Waals surface area contributed by atoms with Crippen LogP contribution in [0.2, 0.25) is 0 Å². The van der Waals surface area contributed by atoms with E-state index in [2.05, 4.69) is 11.8 Å². The van der Waals surface area contributed by atoms with Gasteiger partial charge in [0, 0.05) is 19.1 Å². The molecule has 0 amide bonds. The first kappa shape index (κ1) is 13.2. The SMILES string of the molecule is NC1CCC(OC2CCOC3(CCSCC3)C2)C1. The predicted molar refractivity (Wildman–Crippen MR) is 75.0 cm³/mol. The van der Waals surface area contributed by atoms with E-state index >= 15 is 0 Å². The molecule has 3 aliphatic rings. The Bertz CT molecular complexity index is 275. The molecule has 2 N–H and O–H groups in total. The lowest BCUT2D eigenvalue weighted by Crippen LogP contribution is -2.46. The topological polar surface area (TPSA) is 44.5 Å². The summed E-state index contributed by atoms with van der Waals surface area (Å²) in [6.07, 6.45) is 8.77. The Morgan fingerprint density at radius 2 is 1.94 bits per heavy atom. The van der Waals surface area contributed by atoms with Crippen LogP contribution in [0, 0.1) is 0 Å². The summed E-state index contributed by atoms with van der Waals surface area (Å²) in [7, 11) is 0. The van der Waals surface area contributed by atoms with Crippen LogP contribution >= 0.6 is 11.8 Å². The van der Waals surface area contributed by atoms with Gasteiger partial charge in [0.25, 0.3) is 0 Å². The van der Waals surface area contributed by atoms with E-state index < -0.39 is 0 Å². The molecule has 2 heterocycles. The van der Waals surface area contributed by atoms with Crippen LogP contribution in [0.5, 0.6) is 0 Å². The lowest BCUT2D eigenvalue weighted by molar-refractivity contribution is -0.149. The van der Waals surface area contributed by atoms with Crippen molar-refractivity contribution in [3.05, 3.63) is 0 Å². The smallest absolute Gasteiger partial charge is 0.0723 e. The third kappa shape index (κ3) is 3.03. The summed E-state index contributed by atoms with van der Waals surface area (Å²) in [4.78, 5) is 0. The molecule has 18 heavy (non-hydrogen) atoms. The minimum atomic E-state index is 0.148. The van der Waals surface area contributed by atoms with E-state index in [1.165, 1.54) is 24.3 Å². The lowest BCUT2D eigenvalue weighted by Gasteiger charge is -2.43. The molecule has 3 unspecified atom stereocenters. The van der Waals surface area contributed by atoms with Gasteiger partial charge in [-0.25, -0.2) is 0 Å². The maximum atomic E-state index is 6.28. The molecule has 1 spiro atoms. The predicted octanol–water partition coefficient (Wildman–Crippen LogP) is 2.33. The van der Waals surface area contributed by atoms with E-state index in [4.69, 9.17) is 15.2 Å². The number of hydrogen-bond donors (Lipinski definition) is 1. The number of ether oxygens (including phenoxy) is 2. The minimum absolute atomic E-state index is 0.148. The molecule has 0 bridgehead atoms. The second kappa shape index (κ2) is 5.70. The van der Waals surface area contributed by atoms with Crippen LogP contribution in [0.25, 0.3) is 0 Å². The normalized spacial score (nSPS) is 40.2. The van der Waals surface area contributed by atoms with Crippen molar-refractivity contribution in [2.45, 2.75) is 68.8 Å². The monoisotopic (exact) mass is 271 g/mol. The summed E-state index contributed by atoms with van der Waals surface area (Å²) < 4.78 is 12.4. The maximum Gasteiger partial charge on any atom is 0.0723 e. The van der Waals surface area contributed by atoms with Gasteiger partial charge in [0.2, 0.25) is 0 Å². The Morgan fingerprint density at radius 3 is 2.67 bits per heavy atom. The zero-order chi connectivity index (χ0) is 12.4. The number of thioether (sulfide) groups is 1. The molecule has 0 aromatic rings. The second-order valence-electron chi connectivity index (χ2n) is 6.09. The van der Waals surface area contributed by atoms with Gasteiger partial charge in [-0.2, -0.15) is 11.8 Å². The van der Waals surface area contributed by atoms with E-state index in [-0.39, 0.29) is 5.60 Å². The minimum Gasteiger partial charge on any atom is -0.375 e. The Kier molecular flexibility index (Phi) is 4.18. The summed E-state index contributed by atoms with van der Waals surface area (Å²) in [5, 5.41) is 0. The molecular formula is C14H25NO2S. The van der Waals surface area contributed by atoms with Crippen molar-refractivity contribution in [3.63, 3.8) is 0 Å². The van der Waals surface area contributed by atoms with Crippen LogP contribution < -0.4 is 5.73 Å². The molecule has 0 aromatic carbocycles. The molecule has 104 valence electrons. The highest BCUT2D eigenvalue weighted by molar-refractivity contribution is 7.99. The van der Waals surface area contributed by atoms with E-state index in [0.717, 1.165) is 38.7 Å². The van der Waals surface area contributed by atoms with Crippen LogP contribution in [0.15, 0.2) is 0 Å². The van der Waals surface area contributed by atoms with E-state index in [9.17, 15) is 0 Å². The van der Waals surface area contributed by atoms with Crippen molar-refractivity contribution in [1.82, 2.24) is 0 Å². The summed E-state index contributed by atoms with van der Waals surface area (Å²) in [5.74, 6) is 2.50. The Hall–Kier alpha value is 0.230. The molecule has 1 saturated carbocycles. The fourth-order valence-electron chi connectivity index (χ4n) is 3.56. The molecule has 3 rings (SSSR count).